The largest absolute Gasteiger partial charge is 0.373 e. The highest BCUT2D eigenvalue weighted by atomic mass is 32.2. The molecule has 0 spiro atoms. The van der Waals surface area contributed by atoms with Crippen LogP contribution in [-0.2, 0) is 14.8 Å². The van der Waals surface area contributed by atoms with Crippen molar-refractivity contribution >= 4 is 10.0 Å². The molecular weight excluding hydrogens is 356 g/mol. The molecule has 1 saturated heterocycles. The summed E-state index contributed by atoms with van der Waals surface area (Å²) in [6, 6.07) is 6.52. The van der Waals surface area contributed by atoms with Crippen molar-refractivity contribution in [2.45, 2.75) is 37.4 Å². The fourth-order valence-corrected chi connectivity index (χ4v) is 4.25. The maximum Gasteiger partial charge on any atom is 0.240 e. The van der Waals surface area contributed by atoms with Gasteiger partial charge in [0.25, 0.3) is 0 Å². The number of sulfonamides is 1. The van der Waals surface area contributed by atoms with E-state index in [0.29, 0.717) is 12.2 Å². The Hall–Kier alpha value is -1.88. The number of aromatic nitrogens is 4. The Kier molecular flexibility index (Phi) is 5.97. The van der Waals surface area contributed by atoms with E-state index in [1.807, 2.05) is 0 Å². The number of benzene rings is 1. The van der Waals surface area contributed by atoms with Gasteiger partial charge in [0, 0.05) is 19.6 Å². The van der Waals surface area contributed by atoms with Crippen LogP contribution in [0.15, 0.2) is 35.5 Å². The third-order valence-corrected chi connectivity index (χ3v) is 5.64. The second-order valence-corrected chi connectivity index (χ2v) is 8.29. The van der Waals surface area contributed by atoms with E-state index in [0.717, 1.165) is 26.1 Å². The number of rotatable bonds is 7. The van der Waals surface area contributed by atoms with Crippen molar-refractivity contribution in [3.05, 3.63) is 30.6 Å². The highest BCUT2D eigenvalue weighted by Gasteiger charge is 2.22. The van der Waals surface area contributed by atoms with Crippen molar-refractivity contribution in [1.82, 2.24) is 29.8 Å². The second kappa shape index (κ2) is 8.21. The number of nitrogens with one attached hydrogen (secondary N) is 1. The lowest BCUT2D eigenvalue weighted by Gasteiger charge is -2.35. The lowest BCUT2D eigenvalue weighted by Crippen LogP contribution is -2.46. The molecule has 10 heteroatoms. The Morgan fingerprint density at radius 1 is 1.27 bits per heavy atom. The highest BCUT2D eigenvalue weighted by Crippen LogP contribution is 2.14. The fraction of sp³-hybridized carbons (Fsp3) is 0.562. The van der Waals surface area contributed by atoms with Gasteiger partial charge in [-0.3, -0.25) is 4.90 Å². The number of tetrazole rings is 1. The molecule has 1 aromatic carbocycles. The molecule has 2 heterocycles. The number of hydrogen-bond acceptors (Lipinski definition) is 7. The van der Waals surface area contributed by atoms with Gasteiger partial charge in [0.15, 0.2) is 0 Å². The Labute approximate surface area is 153 Å². The molecule has 1 N–H and O–H groups in total. The molecule has 2 unspecified atom stereocenters. The van der Waals surface area contributed by atoms with Crippen molar-refractivity contribution < 1.29 is 13.2 Å². The minimum Gasteiger partial charge on any atom is -0.373 e. The minimum absolute atomic E-state index is 0.194. The number of nitrogens with zero attached hydrogens (tertiary/aromatic N) is 5. The quantitative estimate of drug-likeness (QED) is 0.695. The van der Waals surface area contributed by atoms with E-state index in [4.69, 9.17) is 4.74 Å². The highest BCUT2D eigenvalue weighted by molar-refractivity contribution is 7.89. The molecule has 0 aliphatic carbocycles. The van der Waals surface area contributed by atoms with Crippen LogP contribution in [0.25, 0.3) is 5.69 Å². The first-order chi connectivity index (χ1) is 12.4. The summed E-state index contributed by atoms with van der Waals surface area (Å²) in [6.07, 6.45) is 2.59. The molecule has 0 bridgehead atoms. The van der Waals surface area contributed by atoms with E-state index in [-0.39, 0.29) is 17.1 Å². The van der Waals surface area contributed by atoms with Crippen LogP contribution in [-0.4, -0.2) is 71.9 Å². The number of ether oxygens (including phenoxy) is 1. The van der Waals surface area contributed by atoms with Crippen LogP contribution in [0, 0.1) is 0 Å². The van der Waals surface area contributed by atoms with E-state index in [9.17, 15) is 8.42 Å². The molecule has 9 nitrogen and oxygen atoms in total. The molecule has 26 heavy (non-hydrogen) atoms. The van der Waals surface area contributed by atoms with E-state index in [1.165, 1.54) is 11.0 Å². The van der Waals surface area contributed by atoms with E-state index < -0.39 is 10.0 Å². The van der Waals surface area contributed by atoms with Crippen molar-refractivity contribution in [2.24, 2.45) is 0 Å². The van der Waals surface area contributed by atoms with Crippen LogP contribution in [0.5, 0.6) is 0 Å². The minimum atomic E-state index is -3.57. The smallest absolute Gasteiger partial charge is 0.240 e. The first-order valence-corrected chi connectivity index (χ1v) is 10.1. The van der Waals surface area contributed by atoms with Gasteiger partial charge in [0.05, 0.1) is 22.8 Å². The van der Waals surface area contributed by atoms with Crippen molar-refractivity contribution in [1.29, 1.82) is 0 Å². The Morgan fingerprint density at radius 2 is 2.04 bits per heavy atom. The number of hydrogen-bond donors (Lipinski definition) is 1. The standard InChI is InChI=1S/C16H24N6O3S/c1-13-10-21(11-14(2)25-13)8-4-7-18-26(23,24)16-6-3-5-15(9-16)22-12-17-19-20-22/h3,5-6,9,12-14,18H,4,7-8,10-11H2,1-2H3. The summed E-state index contributed by atoms with van der Waals surface area (Å²) in [6.45, 7) is 7.10. The van der Waals surface area contributed by atoms with Gasteiger partial charge in [-0.05, 0) is 55.4 Å². The third-order valence-electron chi connectivity index (χ3n) is 4.18. The Morgan fingerprint density at radius 3 is 2.73 bits per heavy atom. The monoisotopic (exact) mass is 380 g/mol. The maximum absolute atomic E-state index is 12.5. The van der Waals surface area contributed by atoms with Gasteiger partial charge in [-0.15, -0.1) is 5.10 Å². The summed E-state index contributed by atoms with van der Waals surface area (Å²) in [5.41, 5.74) is 0.592. The van der Waals surface area contributed by atoms with Gasteiger partial charge in [-0.1, -0.05) is 6.07 Å². The van der Waals surface area contributed by atoms with Crippen molar-refractivity contribution in [3.8, 4) is 5.69 Å². The lowest BCUT2D eigenvalue weighted by atomic mass is 10.2. The summed E-state index contributed by atoms with van der Waals surface area (Å²) in [5.74, 6) is 0. The summed E-state index contributed by atoms with van der Waals surface area (Å²) < 4.78 is 34.8. The number of morpholine rings is 1. The van der Waals surface area contributed by atoms with Crippen molar-refractivity contribution in [2.75, 3.05) is 26.2 Å². The molecule has 2 atom stereocenters. The molecule has 0 saturated carbocycles. The molecule has 1 aliphatic heterocycles. The average Bonchev–Trinajstić information content (AvgIpc) is 3.13. The summed E-state index contributed by atoms with van der Waals surface area (Å²) >= 11 is 0. The zero-order chi connectivity index (χ0) is 18.6. The predicted molar refractivity (Wildman–Crippen MR) is 95.4 cm³/mol. The molecule has 3 rings (SSSR count). The summed E-state index contributed by atoms with van der Waals surface area (Å²) in [7, 11) is -3.57. The van der Waals surface area contributed by atoms with Crippen LogP contribution in [0.1, 0.15) is 20.3 Å². The average molecular weight is 380 g/mol. The normalized spacial score (nSPS) is 21.8. The van der Waals surface area contributed by atoms with Gasteiger partial charge in [0.1, 0.15) is 6.33 Å². The molecule has 1 aliphatic rings. The SMILES string of the molecule is CC1CN(CCCNS(=O)(=O)c2cccc(-n3cnnn3)c2)CC(C)O1. The zero-order valence-corrected chi connectivity index (χ0v) is 15.8. The zero-order valence-electron chi connectivity index (χ0n) is 14.9. The predicted octanol–water partition coefficient (Wildman–Crippen LogP) is 0.440. The molecule has 1 fully saturated rings. The van der Waals surface area contributed by atoms with Crippen LogP contribution in [0.3, 0.4) is 0 Å². The molecular formula is C16H24N6O3S. The topological polar surface area (TPSA) is 102 Å². The van der Waals surface area contributed by atoms with E-state index >= 15 is 0 Å². The molecule has 1 aromatic heterocycles. The molecule has 142 valence electrons. The molecule has 2 aromatic rings. The Bertz CT molecular complexity index is 801. The maximum atomic E-state index is 12.5. The van der Waals surface area contributed by atoms with Crippen LogP contribution in [0.4, 0.5) is 0 Å². The third kappa shape index (κ3) is 4.85. The van der Waals surface area contributed by atoms with Crippen LogP contribution >= 0.6 is 0 Å². The first-order valence-electron chi connectivity index (χ1n) is 8.65. The van der Waals surface area contributed by atoms with Gasteiger partial charge in [0.2, 0.25) is 10.0 Å². The fourth-order valence-electron chi connectivity index (χ4n) is 3.13. The van der Waals surface area contributed by atoms with Gasteiger partial charge >= 0.3 is 0 Å². The van der Waals surface area contributed by atoms with Crippen LogP contribution < -0.4 is 4.72 Å². The van der Waals surface area contributed by atoms with Gasteiger partial charge in [-0.25, -0.2) is 17.8 Å². The van der Waals surface area contributed by atoms with Crippen LogP contribution in [0.2, 0.25) is 0 Å². The van der Waals surface area contributed by atoms with Gasteiger partial charge < -0.3 is 4.74 Å². The first kappa shape index (κ1) is 18.9. The lowest BCUT2D eigenvalue weighted by molar-refractivity contribution is -0.0679. The summed E-state index contributed by atoms with van der Waals surface area (Å²) in [5, 5.41) is 10.9. The Balaban J connectivity index is 1.54. The van der Waals surface area contributed by atoms with Crippen molar-refractivity contribution in [3.63, 3.8) is 0 Å². The van der Waals surface area contributed by atoms with E-state index in [1.54, 1.807) is 24.3 Å². The molecule has 0 radical (unpaired) electrons. The summed E-state index contributed by atoms with van der Waals surface area (Å²) in [4.78, 5) is 2.50. The molecule has 0 amide bonds. The van der Waals surface area contributed by atoms with Gasteiger partial charge in [-0.2, -0.15) is 0 Å². The van der Waals surface area contributed by atoms with E-state index in [2.05, 4.69) is 39.0 Å². The second-order valence-electron chi connectivity index (χ2n) is 6.52.